The van der Waals surface area contributed by atoms with Crippen LogP contribution < -0.4 is 4.74 Å². The topological polar surface area (TPSA) is 9.23 Å². The zero-order valence-electron chi connectivity index (χ0n) is 7.04. The molecule has 0 unspecified atom stereocenters. The molecule has 1 atom stereocenters. The Hall–Kier alpha value is -0.400. The first kappa shape index (κ1) is 9.17. The second kappa shape index (κ2) is 3.39. The van der Waals surface area contributed by atoms with Gasteiger partial charge in [0.25, 0.3) is 0 Å². The van der Waals surface area contributed by atoms with E-state index in [0.29, 0.717) is 6.61 Å². The lowest BCUT2D eigenvalue weighted by Crippen LogP contribution is -2.03. The number of alkyl halides is 2. The summed E-state index contributed by atoms with van der Waals surface area (Å²) in [6, 6.07) is 9.68. The molecule has 0 bridgehead atoms. The minimum absolute atomic E-state index is 0.288. The first-order chi connectivity index (χ1) is 6.18. The number of rotatable bonds is 3. The van der Waals surface area contributed by atoms with E-state index in [0.717, 1.165) is 12.2 Å². The standard InChI is InChI=1S/C10H10Cl2O/c11-10(12)6-8(10)7-13-9-4-2-1-3-5-9/h1-5,8H,6-7H2/t8-/m1/s1. The minimum Gasteiger partial charge on any atom is -0.493 e. The molecule has 3 heteroatoms. The van der Waals surface area contributed by atoms with Crippen molar-refractivity contribution in [3.05, 3.63) is 30.3 Å². The first-order valence-corrected chi connectivity index (χ1v) is 5.00. The normalized spacial score (nSPS) is 24.0. The fraction of sp³-hybridized carbons (Fsp3) is 0.400. The average molecular weight is 217 g/mol. The highest BCUT2D eigenvalue weighted by Gasteiger charge is 2.52. The first-order valence-electron chi connectivity index (χ1n) is 4.24. The molecule has 0 radical (unpaired) electrons. The quantitative estimate of drug-likeness (QED) is 0.706. The van der Waals surface area contributed by atoms with Crippen molar-refractivity contribution in [1.29, 1.82) is 0 Å². The van der Waals surface area contributed by atoms with E-state index in [2.05, 4.69) is 0 Å². The molecule has 0 aliphatic heterocycles. The minimum atomic E-state index is -0.533. The van der Waals surface area contributed by atoms with Crippen LogP contribution in [0.1, 0.15) is 6.42 Å². The van der Waals surface area contributed by atoms with Crippen LogP contribution in [-0.2, 0) is 0 Å². The van der Waals surface area contributed by atoms with E-state index in [1.807, 2.05) is 30.3 Å². The zero-order chi connectivity index (χ0) is 9.31. The van der Waals surface area contributed by atoms with Gasteiger partial charge in [0.1, 0.15) is 10.1 Å². The molecule has 0 heterocycles. The predicted molar refractivity (Wildman–Crippen MR) is 54.5 cm³/mol. The van der Waals surface area contributed by atoms with Crippen LogP contribution >= 0.6 is 23.2 Å². The van der Waals surface area contributed by atoms with Crippen LogP contribution in [-0.4, -0.2) is 10.9 Å². The lowest BCUT2D eigenvalue weighted by molar-refractivity contribution is 0.298. The summed E-state index contributed by atoms with van der Waals surface area (Å²) in [6.07, 6.45) is 0.836. The van der Waals surface area contributed by atoms with E-state index in [1.54, 1.807) is 0 Å². The Morgan fingerprint density at radius 1 is 1.31 bits per heavy atom. The maximum Gasteiger partial charge on any atom is 0.125 e. The molecule has 0 saturated heterocycles. The lowest BCUT2D eigenvalue weighted by Gasteiger charge is -2.04. The van der Waals surface area contributed by atoms with Crippen LogP contribution in [0.5, 0.6) is 5.75 Å². The number of hydrogen-bond donors (Lipinski definition) is 0. The Morgan fingerprint density at radius 2 is 1.92 bits per heavy atom. The molecule has 2 rings (SSSR count). The summed E-state index contributed by atoms with van der Waals surface area (Å²) >= 11 is 11.7. The molecule has 1 saturated carbocycles. The highest BCUT2D eigenvalue weighted by molar-refractivity contribution is 6.50. The molecule has 13 heavy (non-hydrogen) atoms. The van der Waals surface area contributed by atoms with Crippen LogP contribution in [0.25, 0.3) is 0 Å². The number of benzene rings is 1. The van der Waals surface area contributed by atoms with Gasteiger partial charge in [-0.15, -0.1) is 23.2 Å². The predicted octanol–water partition coefficient (Wildman–Crippen LogP) is 3.26. The van der Waals surface area contributed by atoms with Gasteiger partial charge in [0.15, 0.2) is 0 Å². The van der Waals surface area contributed by atoms with E-state index in [-0.39, 0.29) is 5.92 Å². The van der Waals surface area contributed by atoms with Gasteiger partial charge in [0.2, 0.25) is 0 Å². The maximum atomic E-state index is 5.86. The molecule has 0 spiro atoms. The van der Waals surface area contributed by atoms with Crippen LogP contribution in [0.15, 0.2) is 30.3 Å². The SMILES string of the molecule is ClC1(Cl)C[C@@H]1COc1ccccc1. The van der Waals surface area contributed by atoms with Gasteiger partial charge in [-0.05, 0) is 18.6 Å². The van der Waals surface area contributed by atoms with Crippen molar-refractivity contribution in [2.45, 2.75) is 10.8 Å². The van der Waals surface area contributed by atoms with Crippen LogP contribution in [0, 0.1) is 5.92 Å². The fourth-order valence-corrected chi connectivity index (χ4v) is 1.66. The van der Waals surface area contributed by atoms with Crippen molar-refractivity contribution >= 4 is 23.2 Å². The molecule has 0 N–H and O–H groups in total. The van der Waals surface area contributed by atoms with Crippen molar-refractivity contribution in [2.75, 3.05) is 6.61 Å². The van der Waals surface area contributed by atoms with Crippen LogP contribution in [0.3, 0.4) is 0 Å². The Kier molecular flexibility index (Phi) is 2.39. The maximum absolute atomic E-state index is 5.86. The van der Waals surface area contributed by atoms with Gasteiger partial charge in [-0.3, -0.25) is 0 Å². The summed E-state index contributed by atoms with van der Waals surface area (Å²) in [7, 11) is 0. The van der Waals surface area contributed by atoms with E-state index in [4.69, 9.17) is 27.9 Å². The van der Waals surface area contributed by atoms with E-state index in [1.165, 1.54) is 0 Å². The third kappa shape index (κ3) is 2.29. The van der Waals surface area contributed by atoms with Gasteiger partial charge in [0.05, 0.1) is 6.61 Å². The largest absolute Gasteiger partial charge is 0.493 e. The Bertz CT molecular complexity index is 284. The number of hydrogen-bond acceptors (Lipinski definition) is 1. The molecule has 0 aromatic heterocycles. The van der Waals surface area contributed by atoms with Gasteiger partial charge in [0, 0.05) is 5.92 Å². The molecule has 1 aliphatic carbocycles. The van der Waals surface area contributed by atoms with Crippen molar-refractivity contribution in [1.82, 2.24) is 0 Å². The van der Waals surface area contributed by atoms with Crippen molar-refractivity contribution in [3.63, 3.8) is 0 Å². The van der Waals surface area contributed by atoms with Crippen LogP contribution in [0.4, 0.5) is 0 Å². The molecule has 1 aromatic rings. The zero-order valence-corrected chi connectivity index (χ0v) is 8.55. The molecule has 1 aliphatic rings. The van der Waals surface area contributed by atoms with E-state index < -0.39 is 4.33 Å². The van der Waals surface area contributed by atoms with E-state index in [9.17, 15) is 0 Å². The Morgan fingerprint density at radius 3 is 2.46 bits per heavy atom. The molecule has 1 aromatic carbocycles. The third-order valence-corrected chi connectivity index (χ3v) is 3.08. The summed E-state index contributed by atoms with van der Waals surface area (Å²) in [5.41, 5.74) is 0. The molecule has 70 valence electrons. The fourth-order valence-electron chi connectivity index (χ4n) is 1.16. The second-order valence-electron chi connectivity index (χ2n) is 3.29. The van der Waals surface area contributed by atoms with Gasteiger partial charge < -0.3 is 4.74 Å². The van der Waals surface area contributed by atoms with Crippen molar-refractivity contribution in [2.24, 2.45) is 5.92 Å². The van der Waals surface area contributed by atoms with Crippen LogP contribution in [0.2, 0.25) is 0 Å². The highest BCUT2D eigenvalue weighted by atomic mass is 35.5. The summed E-state index contributed by atoms with van der Waals surface area (Å²) < 4.78 is 4.96. The molecule has 0 amide bonds. The second-order valence-corrected chi connectivity index (χ2v) is 4.83. The molecular formula is C10H10Cl2O. The van der Waals surface area contributed by atoms with Gasteiger partial charge >= 0.3 is 0 Å². The summed E-state index contributed by atoms with van der Waals surface area (Å²) in [5, 5.41) is 0. The van der Waals surface area contributed by atoms with E-state index >= 15 is 0 Å². The average Bonchev–Trinajstić information content (AvgIpc) is 2.73. The summed E-state index contributed by atoms with van der Waals surface area (Å²) in [6.45, 7) is 0.608. The smallest absolute Gasteiger partial charge is 0.125 e. The molecule has 1 fully saturated rings. The molecular weight excluding hydrogens is 207 g/mol. The monoisotopic (exact) mass is 216 g/mol. The Labute approximate surface area is 87.6 Å². The number of para-hydroxylation sites is 1. The highest BCUT2D eigenvalue weighted by Crippen LogP contribution is 2.53. The van der Waals surface area contributed by atoms with Gasteiger partial charge in [-0.25, -0.2) is 0 Å². The van der Waals surface area contributed by atoms with Gasteiger partial charge in [-0.2, -0.15) is 0 Å². The van der Waals surface area contributed by atoms with Gasteiger partial charge in [-0.1, -0.05) is 18.2 Å². The van der Waals surface area contributed by atoms with Crippen molar-refractivity contribution < 1.29 is 4.74 Å². The number of ether oxygens (including phenoxy) is 1. The molecule has 1 nitrogen and oxygen atoms in total. The van der Waals surface area contributed by atoms with Crippen molar-refractivity contribution in [3.8, 4) is 5.75 Å². The Balaban J connectivity index is 1.82. The lowest BCUT2D eigenvalue weighted by atomic mass is 10.3. The number of halogens is 2. The third-order valence-electron chi connectivity index (χ3n) is 2.15. The summed E-state index contributed by atoms with van der Waals surface area (Å²) in [5.74, 6) is 1.16. The summed E-state index contributed by atoms with van der Waals surface area (Å²) in [4.78, 5) is 0.